The maximum absolute atomic E-state index is 10.5. The van der Waals surface area contributed by atoms with Crippen molar-refractivity contribution in [3.05, 3.63) is 0 Å². The van der Waals surface area contributed by atoms with Crippen LogP contribution in [0.1, 0.15) is 12.8 Å². The lowest BCUT2D eigenvalue weighted by molar-refractivity contribution is -0.318. The minimum atomic E-state index is -2.64. The summed E-state index contributed by atoms with van der Waals surface area (Å²) in [5, 5.41) is 33.3. The normalized spacial score (nSPS) is 10.2. The van der Waals surface area contributed by atoms with Gasteiger partial charge in [-0.1, -0.05) is 0 Å². The number of aliphatic carboxylic acids is 3. The molecule has 4 N–H and O–H groups in total. The standard InChI is InChI=1S/C6H8O8.Mg.2H/c7-3(8)1-6(14-13,5(11)12)2-4(9)10;;;/h13H,1-2H2,(H,7,8)(H,9,10)(H,11,12);;;. The van der Waals surface area contributed by atoms with E-state index in [0.29, 0.717) is 0 Å². The molecule has 0 aromatic rings. The van der Waals surface area contributed by atoms with Crippen molar-refractivity contribution in [1.82, 2.24) is 0 Å². The van der Waals surface area contributed by atoms with Crippen LogP contribution in [0, 0.1) is 0 Å². The maximum atomic E-state index is 10.5. The van der Waals surface area contributed by atoms with Crippen molar-refractivity contribution in [1.29, 1.82) is 0 Å². The molecular formula is C6H10MgO8. The molecule has 0 aromatic carbocycles. The van der Waals surface area contributed by atoms with E-state index >= 15 is 0 Å². The Morgan fingerprint density at radius 2 is 1.33 bits per heavy atom. The van der Waals surface area contributed by atoms with Gasteiger partial charge < -0.3 is 15.3 Å². The predicted molar refractivity (Wildman–Crippen MR) is 47.1 cm³/mol. The molecule has 0 spiro atoms. The number of carboxylic acid groups (broad SMARTS) is 3. The van der Waals surface area contributed by atoms with E-state index in [1.807, 2.05) is 0 Å². The van der Waals surface area contributed by atoms with E-state index in [9.17, 15) is 14.4 Å². The second-order valence-corrected chi connectivity index (χ2v) is 2.53. The van der Waals surface area contributed by atoms with Crippen LogP contribution in [0.5, 0.6) is 0 Å². The van der Waals surface area contributed by atoms with Gasteiger partial charge in [-0.25, -0.2) is 9.68 Å². The molecule has 0 amide bonds. The van der Waals surface area contributed by atoms with E-state index in [4.69, 9.17) is 20.6 Å². The first kappa shape index (κ1) is 16.5. The van der Waals surface area contributed by atoms with Crippen LogP contribution in [0.25, 0.3) is 0 Å². The van der Waals surface area contributed by atoms with E-state index in [2.05, 4.69) is 4.89 Å². The Kier molecular flexibility index (Phi) is 7.22. The molecule has 0 bridgehead atoms. The summed E-state index contributed by atoms with van der Waals surface area (Å²) in [6, 6.07) is 0. The molecule has 0 aliphatic rings. The molecule has 15 heavy (non-hydrogen) atoms. The Bertz CT molecular complexity index is 246. The molecule has 0 rings (SSSR count). The zero-order valence-electron chi connectivity index (χ0n) is 6.84. The molecule has 0 atom stereocenters. The number of rotatable bonds is 6. The third-order valence-corrected chi connectivity index (χ3v) is 1.44. The van der Waals surface area contributed by atoms with Gasteiger partial charge in [0.2, 0.25) is 5.60 Å². The van der Waals surface area contributed by atoms with Gasteiger partial charge in [-0.05, 0) is 0 Å². The number of hydrogen-bond donors (Lipinski definition) is 4. The van der Waals surface area contributed by atoms with Crippen molar-refractivity contribution in [2.24, 2.45) is 0 Å². The average Bonchev–Trinajstić information content (AvgIpc) is 2.00. The van der Waals surface area contributed by atoms with Gasteiger partial charge in [-0.15, -0.1) is 0 Å². The quantitative estimate of drug-likeness (QED) is 0.243. The van der Waals surface area contributed by atoms with Crippen molar-refractivity contribution in [3.63, 3.8) is 0 Å². The SMILES string of the molecule is O=C(O)CC(CC(=O)O)(OO)C(=O)O.[MgH2]. The van der Waals surface area contributed by atoms with Crippen molar-refractivity contribution in [3.8, 4) is 0 Å². The van der Waals surface area contributed by atoms with Crippen LogP contribution in [0.2, 0.25) is 0 Å². The zero-order valence-corrected chi connectivity index (χ0v) is 6.84. The molecule has 8 nitrogen and oxygen atoms in total. The Hall–Kier alpha value is -0.904. The molecule has 0 aliphatic carbocycles. The highest BCUT2D eigenvalue weighted by atomic mass is 24.3. The molecule has 0 radical (unpaired) electrons. The topological polar surface area (TPSA) is 141 Å². The van der Waals surface area contributed by atoms with Crippen LogP contribution in [0.15, 0.2) is 0 Å². The fraction of sp³-hybridized carbons (Fsp3) is 0.500. The van der Waals surface area contributed by atoms with Crippen LogP contribution in [-0.2, 0) is 19.3 Å². The van der Waals surface area contributed by atoms with E-state index < -0.39 is 36.4 Å². The molecular weight excluding hydrogens is 224 g/mol. The Morgan fingerprint density at radius 3 is 1.47 bits per heavy atom. The van der Waals surface area contributed by atoms with Crippen LogP contribution < -0.4 is 0 Å². The van der Waals surface area contributed by atoms with E-state index in [1.165, 1.54) is 0 Å². The van der Waals surface area contributed by atoms with Gasteiger partial charge in [0.05, 0.1) is 12.8 Å². The van der Waals surface area contributed by atoms with E-state index in [-0.39, 0.29) is 23.1 Å². The van der Waals surface area contributed by atoms with Crippen LogP contribution in [-0.4, -0.2) is 67.1 Å². The average molecular weight is 234 g/mol. The molecule has 0 saturated carbocycles. The zero-order chi connectivity index (χ0) is 11.4. The Balaban J connectivity index is 0. The van der Waals surface area contributed by atoms with E-state index in [0.717, 1.165) is 0 Å². The first-order valence-corrected chi connectivity index (χ1v) is 3.33. The maximum Gasteiger partial charge on any atom is 0.340 e. The molecule has 0 fully saturated rings. The summed E-state index contributed by atoms with van der Waals surface area (Å²) in [6.45, 7) is 0. The number of hydrogen-bond acceptors (Lipinski definition) is 5. The minimum Gasteiger partial charge on any atom is -0.481 e. The summed E-state index contributed by atoms with van der Waals surface area (Å²) in [5.74, 6) is -5.05. The molecule has 84 valence electrons. The molecule has 0 aliphatic heterocycles. The van der Waals surface area contributed by atoms with Crippen molar-refractivity contribution in [2.45, 2.75) is 18.4 Å². The summed E-state index contributed by atoms with van der Waals surface area (Å²) < 4.78 is 0. The fourth-order valence-electron chi connectivity index (χ4n) is 0.806. The summed E-state index contributed by atoms with van der Waals surface area (Å²) in [4.78, 5) is 34.4. The lowest BCUT2D eigenvalue weighted by Gasteiger charge is -2.21. The predicted octanol–water partition coefficient (Wildman–Crippen LogP) is -1.67. The van der Waals surface area contributed by atoms with E-state index in [1.54, 1.807) is 0 Å². The lowest BCUT2D eigenvalue weighted by Crippen LogP contribution is -2.44. The fourth-order valence-corrected chi connectivity index (χ4v) is 0.806. The van der Waals surface area contributed by atoms with Gasteiger partial charge in [-0.3, -0.25) is 14.8 Å². The highest BCUT2D eigenvalue weighted by molar-refractivity contribution is 5.88. The Morgan fingerprint density at radius 1 is 1.00 bits per heavy atom. The molecule has 0 saturated heterocycles. The second-order valence-electron chi connectivity index (χ2n) is 2.53. The summed E-state index contributed by atoms with van der Waals surface area (Å²) in [7, 11) is 0. The van der Waals surface area contributed by atoms with Crippen molar-refractivity contribution < 1.29 is 39.8 Å². The minimum absolute atomic E-state index is 0. The highest BCUT2D eigenvalue weighted by Crippen LogP contribution is 2.20. The molecule has 9 heteroatoms. The van der Waals surface area contributed by atoms with Gasteiger partial charge in [0.15, 0.2) is 0 Å². The monoisotopic (exact) mass is 234 g/mol. The van der Waals surface area contributed by atoms with Crippen LogP contribution >= 0.6 is 0 Å². The van der Waals surface area contributed by atoms with Crippen molar-refractivity contribution in [2.75, 3.05) is 0 Å². The first-order chi connectivity index (χ1) is 6.34. The number of carbonyl (C=O) groups is 3. The van der Waals surface area contributed by atoms with Gasteiger partial charge in [0.25, 0.3) is 0 Å². The summed E-state index contributed by atoms with van der Waals surface area (Å²) in [5.41, 5.74) is -2.64. The third kappa shape index (κ3) is 4.92. The lowest BCUT2D eigenvalue weighted by atomic mass is 9.96. The van der Waals surface area contributed by atoms with Crippen molar-refractivity contribution >= 4 is 41.0 Å². The smallest absolute Gasteiger partial charge is 0.340 e. The Labute approximate surface area is 99.5 Å². The number of carboxylic acids is 3. The van der Waals surface area contributed by atoms with Gasteiger partial charge in [0.1, 0.15) is 0 Å². The van der Waals surface area contributed by atoms with Crippen LogP contribution in [0.4, 0.5) is 0 Å². The first-order valence-electron chi connectivity index (χ1n) is 3.33. The second kappa shape index (κ2) is 6.56. The third-order valence-electron chi connectivity index (χ3n) is 1.44. The highest BCUT2D eigenvalue weighted by Gasteiger charge is 2.45. The van der Waals surface area contributed by atoms with Gasteiger partial charge in [0, 0.05) is 0 Å². The summed E-state index contributed by atoms with van der Waals surface area (Å²) in [6.07, 6.45) is -2.30. The van der Waals surface area contributed by atoms with Gasteiger partial charge >= 0.3 is 41.0 Å². The van der Waals surface area contributed by atoms with Gasteiger partial charge in [-0.2, -0.15) is 0 Å². The molecule has 0 unspecified atom stereocenters. The largest absolute Gasteiger partial charge is 0.481 e. The molecule has 0 aromatic heterocycles. The summed E-state index contributed by atoms with van der Waals surface area (Å²) >= 11 is 0. The van der Waals surface area contributed by atoms with Crippen LogP contribution in [0.3, 0.4) is 0 Å². The molecule has 0 heterocycles.